The topological polar surface area (TPSA) is 29.9 Å². The molecule has 0 fully saturated rings. The van der Waals surface area contributed by atoms with Crippen molar-refractivity contribution < 1.29 is 0 Å². The van der Waals surface area contributed by atoms with E-state index in [2.05, 4.69) is 39.3 Å². The fourth-order valence-corrected chi connectivity index (χ4v) is 2.51. The number of aryl methyl sites for hydroxylation is 1. The van der Waals surface area contributed by atoms with Gasteiger partial charge in [-0.2, -0.15) is 5.10 Å². The fourth-order valence-electron chi connectivity index (χ4n) is 2.00. The highest BCUT2D eigenvalue weighted by Crippen LogP contribution is 2.29. The predicted octanol–water partition coefficient (Wildman–Crippen LogP) is 3.93. The van der Waals surface area contributed by atoms with Crippen LogP contribution in [0.5, 0.6) is 0 Å². The first-order valence-corrected chi connectivity index (χ1v) is 7.45. The van der Waals surface area contributed by atoms with E-state index < -0.39 is 0 Å². The molecule has 0 aliphatic heterocycles. The molecule has 2 rings (SSSR count). The van der Waals surface area contributed by atoms with Crippen LogP contribution in [0.1, 0.15) is 30.5 Å². The van der Waals surface area contributed by atoms with E-state index in [-0.39, 0.29) is 6.04 Å². The van der Waals surface area contributed by atoms with Crippen molar-refractivity contribution in [1.82, 2.24) is 15.1 Å². The molecule has 102 valence electrons. The Hall–Kier alpha value is -0.840. The van der Waals surface area contributed by atoms with Gasteiger partial charge < -0.3 is 5.32 Å². The van der Waals surface area contributed by atoms with E-state index in [9.17, 15) is 0 Å². The summed E-state index contributed by atoms with van der Waals surface area (Å²) in [5.41, 5.74) is 2.34. The Morgan fingerprint density at radius 2 is 2.21 bits per heavy atom. The molecule has 1 unspecified atom stereocenters. The number of halogens is 2. The van der Waals surface area contributed by atoms with Crippen LogP contribution in [0.25, 0.3) is 0 Å². The van der Waals surface area contributed by atoms with E-state index in [1.165, 1.54) is 5.56 Å². The second kappa shape index (κ2) is 6.55. The van der Waals surface area contributed by atoms with Crippen LogP contribution in [0.3, 0.4) is 0 Å². The third-order valence-electron chi connectivity index (χ3n) is 2.93. The fraction of sp³-hybridized carbons (Fsp3) is 0.357. The lowest BCUT2D eigenvalue weighted by Gasteiger charge is -2.18. The maximum atomic E-state index is 6.06. The Morgan fingerprint density at radius 3 is 2.79 bits per heavy atom. The molecule has 2 aromatic rings. The van der Waals surface area contributed by atoms with Crippen LogP contribution in [-0.2, 0) is 7.05 Å². The molecule has 0 spiro atoms. The van der Waals surface area contributed by atoms with Gasteiger partial charge in [-0.05, 0) is 46.6 Å². The average Bonchev–Trinajstić information content (AvgIpc) is 2.80. The summed E-state index contributed by atoms with van der Waals surface area (Å²) in [7, 11) is 1.93. The van der Waals surface area contributed by atoms with Gasteiger partial charge >= 0.3 is 0 Å². The Morgan fingerprint density at radius 1 is 1.42 bits per heavy atom. The van der Waals surface area contributed by atoms with Crippen molar-refractivity contribution in [2.75, 3.05) is 6.54 Å². The lowest BCUT2D eigenvalue weighted by molar-refractivity contribution is 0.598. The molecule has 0 radical (unpaired) electrons. The predicted molar refractivity (Wildman–Crippen MR) is 82.5 cm³/mol. The molecule has 0 aliphatic rings. The molecule has 1 heterocycles. The van der Waals surface area contributed by atoms with E-state index in [1.807, 2.05) is 36.3 Å². The van der Waals surface area contributed by atoms with Gasteiger partial charge in [0.2, 0.25) is 0 Å². The average molecular weight is 343 g/mol. The zero-order valence-electron chi connectivity index (χ0n) is 11.0. The number of nitrogens with one attached hydrogen (secondary N) is 1. The number of hydrogen-bond donors (Lipinski definition) is 1. The molecule has 5 heteroatoms. The van der Waals surface area contributed by atoms with Crippen molar-refractivity contribution >= 4 is 27.5 Å². The standard InChI is InChI=1S/C14H17BrClN3/c1-3-6-17-14(11-8-18-19(2)9-11)10-4-5-13(16)12(15)7-10/h4-5,7-9,14,17H,3,6H2,1-2H3. The first kappa shape index (κ1) is 14.6. The van der Waals surface area contributed by atoms with Crippen LogP contribution in [-0.4, -0.2) is 16.3 Å². The van der Waals surface area contributed by atoms with Crippen molar-refractivity contribution in [2.24, 2.45) is 7.05 Å². The Kier molecular flexibility index (Phi) is 5.02. The minimum absolute atomic E-state index is 0.141. The number of benzene rings is 1. The summed E-state index contributed by atoms with van der Waals surface area (Å²) in [6, 6.07) is 6.16. The highest BCUT2D eigenvalue weighted by molar-refractivity contribution is 9.10. The van der Waals surface area contributed by atoms with Gasteiger partial charge in [0.05, 0.1) is 17.3 Å². The maximum absolute atomic E-state index is 6.06. The van der Waals surface area contributed by atoms with Gasteiger partial charge in [-0.1, -0.05) is 24.6 Å². The highest BCUT2D eigenvalue weighted by Gasteiger charge is 2.15. The molecule has 1 aromatic carbocycles. The SMILES string of the molecule is CCCNC(c1ccc(Cl)c(Br)c1)c1cnn(C)c1. The van der Waals surface area contributed by atoms with Crippen LogP contribution in [0, 0.1) is 0 Å². The molecular formula is C14H17BrClN3. The minimum Gasteiger partial charge on any atom is -0.306 e. The van der Waals surface area contributed by atoms with Crippen LogP contribution < -0.4 is 5.32 Å². The lowest BCUT2D eigenvalue weighted by Crippen LogP contribution is -2.22. The van der Waals surface area contributed by atoms with Crippen LogP contribution in [0.15, 0.2) is 35.1 Å². The number of rotatable bonds is 5. The van der Waals surface area contributed by atoms with Gasteiger partial charge in [-0.15, -0.1) is 0 Å². The van der Waals surface area contributed by atoms with Crippen molar-refractivity contribution in [3.8, 4) is 0 Å². The third-order valence-corrected chi connectivity index (χ3v) is 4.15. The van der Waals surface area contributed by atoms with E-state index in [0.29, 0.717) is 0 Å². The molecule has 1 atom stereocenters. The first-order chi connectivity index (χ1) is 9.11. The summed E-state index contributed by atoms with van der Waals surface area (Å²) in [5, 5.41) is 8.52. The van der Waals surface area contributed by atoms with Crippen molar-refractivity contribution in [2.45, 2.75) is 19.4 Å². The normalized spacial score (nSPS) is 12.6. The quantitative estimate of drug-likeness (QED) is 0.892. The summed E-state index contributed by atoms with van der Waals surface area (Å²) >= 11 is 9.54. The molecule has 1 N–H and O–H groups in total. The molecule has 3 nitrogen and oxygen atoms in total. The Labute approximate surface area is 127 Å². The second-order valence-corrected chi connectivity index (χ2v) is 5.77. The minimum atomic E-state index is 0.141. The molecule has 0 saturated carbocycles. The van der Waals surface area contributed by atoms with E-state index in [0.717, 1.165) is 28.0 Å². The second-order valence-electron chi connectivity index (χ2n) is 4.51. The van der Waals surface area contributed by atoms with Crippen molar-refractivity contribution in [3.05, 3.63) is 51.2 Å². The summed E-state index contributed by atoms with van der Waals surface area (Å²) < 4.78 is 2.74. The van der Waals surface area contributed by atoms with Crippen LogP contribution >= 0.6 is 27.5 Å². The molecule has 19 heavy (non-hydrogen) atoms. The summed E-state index contributed by atoms with van der Waals surface area (Å²) in [6.07, 6.45) is 5.02. The lowest BCUT2D eigenvalue weighted by atomic mass is 10.0. The first-order valence-electron chi connectivity index (χ1n) is 6.28. The molecule has 0 saturated heterocycles. The molecule has 0 bridgehead atoms. The zero-order valence-corrected chi connectivity index (χ0v) is 13.4. The van der Waals surface area contributed by atoms with Gasteiger partial charge in [0, 0.05) is 23.3 Å². The molecule has 0 aliphatic carbocycles. The molecule has 0 amide bonds. The van der Waals surface area contributed by atoms with Crippen molar-refractivity contribution in [1.29, 1.82) is 0 Å². The van der Waals surface area contributed by atoms with Crippen LogP contribution in [0.2, 0.25) is 5.02 Å². The van der Waals surface area contributed by atoms with E-state index in [4.69, 9.17) is 11.6 Å². The number of aromatic nitrogens is 2. The van der Waals surface area contributed by atoms with Crippen LogP contribution in [0.4, 0.5) is 0 Å². The third kappa shape index (κ3) is 3.59. The zero-order chi connectivity index (χ0) is 13.8. The van der Waals surface area contributed by atoms with Crippen molar-refractivity contribution in [3.63, 3.8) is 0 Å². The highest BCUT2D eigenvalue weighted by atomic mass is 79.9. The monoisotopic (exact) mass is 341 g/mol. The largest absolute Gasteiger partial charge is 0.306 e. The Balaban J connectivity index is 2.33. The van der Waals surface area contributed by atoms with Gasteiger partial charge in [0.1, 0.15) is 0 Å². The summed E-state index contributed by atoms with van der Waals surface area (Å²) in [4.78, 5) is 0. The van der Waals surface area contributed by atoms with Gasteiger partial charge in [0.15, 0.2) is 0 Å². The summed E-state index contributed by atoms with van der Waals surface area (Å²) in [6.45, 7) is 3.12. The van der Waals surface area contributed by atoms with E-state index in [1.54, 1.807) is 0 Å². The van der Waals surface area contributed by atoms with E-state index >= 15 is 0 Å². The smallest absolute Gasteiger partial charge is 0.0608 e. The maximum Gasteiger partial charge on any atom is 0.0608 e. The molecular weight excluding hydrogens is 326 g/mol. The number of nitrogens with zero attached hydrogens (tertiary/aromatic N) is 2. The van der Waals surface area contributed by atoms with Gasteiger partial charge in [-0.3, -0.25) is 4.68 Å². The Bertz CT molecular complexity index is 553. The number of hydrogen-bond acceptors (Lipinski definition) is 2. The van der Waals surface area contributed by atoms with Gasteiger partial charge in [-0.25, -0.2) is 0 Å². The van der Waals surface area contributed by atoms with Gasteiger partial charge in [0.25, 0.3) is 0 Å². The molecule has 1 aromatic heterocycles. The summed E-state index contributed by atoms with van der Waals surface area (Å²) in [5.74, 6) is 0.